The topological polar surface area (TPSA) is 64.3 Å². The van der Waals surface area contributed by atoms with Crippen molar-refractivity contribution in [1.29, 1.82) is 0 Å². The predicted octanol–water partition coefficient (Wildman–Crippen LogP) is 2.00. The van der Waals surface area contributed by atoms with Gasteiger partial charge in [-0.1, -0.05) is 6.42 Å². The fourth-order valence-corrected chi connectivity index (χ4v) is 2.62. The number of hydrogen-bond donors (Lipinski definition) is 1. The van der Waals surface area contributed by atoms with Gasteiger partial charge in [0.2, 0.25) is 0 Å². The second-order valence-electron chi connectivity index (χ2n) is 5.08. The van der Waals surface area contributed by atoms with Crippen LogP contribution >= 0.6 is 0 Å². The second kappa shape index (κ2) is 5.52. The normalized spacial score (nSPS) is 21.2. The Labute approximate surface area is 108 Å². The Morgan fingerprint density at radius 2 is 2.17 bits per heavy atom. The lowest BCUT2D eigenvalue weighted by molar-refractivity contribution is 0.108. The van der Waals surface area contributed by atoms with Crippen LogP contribution in [0.5, 0.6) is 5.88 Å². The van der Waals surface area contributed by atoms with E-state index in [2.05, 4.69) is 28.9 Å². The van der Waals surface area contributed by atoms with Crippen molar-refractivity contribution in [3.05, 3.63) is 11.8 Å². The molecule has 2 rings (SSSR count). The number of methoxy groups -OCH3 is 1. The number of piperidine rings is 1. The van der Waals surface area contributed by atoms with Crippen LogP contribution in [-0.2, 0) is 0 Å². The molecule has 0 radical (unpaired) electrons. The van der Waals surface area contributed by atoms with Crippen molar-refractivity contribution in [3.63, 3.8) is 0 Å². The molecule has 18 heavy (non-hydrogen) atoms. The summed E-state index contributed by atoms with van der Waals surface area (Å²) in [5, 5.41) is 8.31. The van der Waals surface area contributed by atoms with Crippen LogP contribution in [0, 0.1) is 0 Å². The first-order valence-electron chi connectivity index (χ1n) is 6.56. The third-order valence-electron chi connectivity index (χ3n) is 3.55. The first-order valence-corrected chi connectivity index (χ1v) is 6.56. The smallest absolute Gasteiger partial charge is 0.256 e. The molecule has 2 heterocycles. The minimum atomic E-state index is 0.333. The number of nitrogen functional groups attached to an aromatic ring is 1. The Kier molecular flexibility index (Phi) is 4.01. The molecule has 1 aliphatic rings. The Morgan fingerprint density at radius 3 is 2.78 bits per heavy atom. The fourth-order valence-electron chi connectivity index (χ4n) is 2.62. The zero-order valence-electron chi connectivity index (χ0n) is 11.4. The first kappa shape index (κ1) is 13.1. The molecule has 0 spiro atoms. The van der Waals surface area contributed by atoms with Gasteiger partial charge in [0, 0.05) is 6.04 Å². The maximum atomic E-state index is 5.91. The average molecular weight is 250 g/mol. The van der Waals surface area contributed by atoms with Crippen molar-refractivity contribution >= 4 is 5.69 Å². The van der Waals surface area contributed by atoms with E-state index in [4.69, 9.17) is 10.5 Å². The number of anilines is 1. The molecule has 5 heteroatoms. The molecule has 1 aromatic rings. The standard InChI is InChI=1S/C13H22N4O/c1-9(2)17-7-5-4-6-12(17)11-8-10(14)13(18-3)16-15-11/h8-9,12H,4-7H2,1-3H3,(H2,14,15). The van der Waals surface area contributed by atoms with E-state index in [1.54, 1.807) is 7.11 Å². The van der Waals surface area contributed by atoms with Gasteiger partial charge in [0.05, 0.1) is 24.5 Å². The van der Waals surface area contributed by atoms with E-state index < -0.39 is 0 Å². The average Bonchev–Trinajstić information content (AvgIpc) is 2.38. The van der Waals surface area contributed by atoms with E-state index in [1.807, 2.05) is 6.07 Å². The fraction of sp³-hybridized carbons (Fsp3) is 0.692. The number of likely N-dealkylation sites (tertiary alicyclic amines) is 1. The van der Waals surface area contributed by atoms with Crippen molar-refractivity contribution < 1.29 is 4.74 Å². The predicted molar refractivity (Wildman–Crippen MR) is 71.4 cm³/mol. The number of ether oxygens (including phenoxy) is 1. The monoisotopic (exact) mass is 250 g/mol. The maximum Gasteiger partial charge on any atom is 0.256 e. The van der Waals surface area contributed by atoms with Crippen molar-refractivity contribution in [2.75, 3.05) is 19.4 Å². The Hall–Kier alpha value is -1.36. The van der Waals surface area contributed by atoms with Gasteiger partial charge in [-0.3, -0.25) is 4.90 Å². The van der Waals surface area contributed by atoms with E-state index >= 15 is 0 Å². The van der Waals surface area contributed by atoms with Gasteiger partial charge in [-0.25, -0.2) is 0 Å². The number of rotatable bonds is 3. The summed E-state index contributed by atoms with van der Waals surface area (Å²) in [6.07, 6.45) is 3.62. The SMILES string of the molecule is COc1nnc(C2CCCCN2C(C)C)cc1N. The number of nitrogens with two attached hydrogens (primary N) is 1. The minimum Gasteiger partial charge on any atom is -0.478 e. The molecule has 1 aliphatic heterocycles. The van der Waals surface area contributed by atoms with Crippen LogP contribution in [-0.4, -0.2) is 34.8 Å². The Balaban J connectivity index is 2.25. The third kappa shape index (κ3) is 2.56. The number of hydrogen-bond acceptors (Lipinski definition) is 5. The van der Waals surface area contributed by atoms with Crippen molar-refractivity contribution in [1.82, 2.24) is 15.1 Å². The Morgan fingerprint density at radius 1 is 1.39 bits per heavy atom. The van der Waals surface area contributed by atoms with E-state index in [-0.39, 0.29) is 0 Å². The lowest BCUT2D eigenvalue weighted by Gasteiger charge is -2.38. The number of aromatic nitrogens is 2. The lowest BCUT2D eigenvalue weighted by atomic mass is 9.97. The van der Waals surface area contributed by atoms with E-state index in [0.29, 0.717) is 23.7 Å². The second-order valence-corrected chi connectivity index (χ2v) is 5.08. The van der Waals surface area contributed by atoms with E-state index in [9.17, 15) is 0 Å². The first-order chi connectivity index (χ1) is 8.63. The quantitative estimate of drug-likeness (QED) is 0.889. The molecule has 0 aliphatic carbocycles. The van der Waals surface area contributed by atoms with Gasteiger partial charge >= 0.3 is 0 Å². The summed E-state index contributed by atoms with van der Waals surface area (Å²) in [4.78, 5) is 2.47. The lowest BCUT2D eigenvalue weighted by Crippen LogP contribution is -2.39. The van der Waals surface area contributed by atoms with Crippen LogP contribution in [0.15, 0.2) is 6.07 Å². The molecule has 1 saturated heterocycles. The largest absolute Gasteiger partial charge is 0.478 e. The summed E-state index contributed by atoms with van der Waals surface area (Å²) >= 11 is 0. The molecular weight excluding hydrogens is 228 g/mol. The summed E-state index contributed by atoms with van der Waals surface area (Å²) < 4.78 is 5.05. The Bertz CT molecular complexity index is 408. The maximum absolute atomic E-state index is 5.91. The van der Waals surface area contributed by atoms with Crippen LogP contribution in [0.4, 0.5) is 5.69 Å². The molecule has 0 aromatic carbocycles. The molecule has 5 nitrogen and oxygen atoms in total. The molecule has 1 unspecified atom stereocenters. The zero-order valence-corrected chi connectivity index (χ0v) is 11.4. The van der Waals surface area contributed by atoms with Crippen LogP contribution in [0.1, 0.15) is 44.8 Å². The van der Waals surface area contributed by atoms with Crippen LogP contribution in [0.3, 0.4) is 0 Å². The van der Waals surface area contributed by atoms with Gasteiger partial charge in [-0.15, -0.1) is 5.10 Å². The molecule has 2 N–H and O–H groups in total. The highest BCUT2D eigenvalue weighted by atomic mass is 16.5. The summed E-state index contributed by atoms with van der Waals surface area (Å²) in [5.74, 6) is 0.408. The molecule has 0 bridgehead atoms. The molecule has 0 saturated carbocycles. The molecule has 1 aromatic heterocycles. The molecule has 0 amide bonds. The molecule has 1 atom stereocenters. The zero-order chi connectivity index (χ0) is 13.1. The van der Waals surface area contributed by atoms with E-state index in [1.165, 1.54) is 12.8 Å². The van der Waals surface area contributed by atoms with Crippen molar-refractivity contribution in [3.8, 4) is 5.88 Å². The van der Waals surface area contributed by atoms with Gasteiger partial charge in [-0.05, 0) is 39.3 Å². The summed E-state index contributed by atoms with van der Waals surface area (Å²) in [7, 11) is 1.56. The summed E-state index contributed by atoms with van der Waals surface area (Å²) in [5.41, 5.74) is 7.44. The highest BCUT2D eigenvalue weighted by Gasteiger charge is 2.27. The molecular formula is C13H22N4O. The number of nitrogens with zero attached hydrogens (tertiary/aromatic N) is 3. The third-order valence-corrected chi connectivity index (χ3v) is 3.55. The van der Waals surface area contributed by atoms with Crippen LogP contribution < -0.4 is 10.5 Å². The summed E-state index contributed by atoms with van der Waals surface area (Å²) in [6, 6.07) is 2.75. The highest BCUT2D eigenvalue weighted by Crippen LogP contribution is 2.32. The van der Waals surface area contributed by atoms with Gasteiger partial charge in [-0.2, -0.15) is 5.10 Å². The minimum absolute atomic E-state index is 0.333. The molecule has 100 valence electrons. The van der Waals surface area contributed by atoms with Gasteiger partial charge in [0.1, 0.15) is 0 Å². The van der Waals surface area contributed by atoms with Gasteiger partial charge in [0.25, 0.3) is 5.88 Å². The van der Waals surface area contributed by atoms with Crippen LogP contribution in [0.25, 0.3) is 0 Å². The highest BCUT2D eigenvalue weighted by molar-refractivity contribution is 5.48. The van der Waals surface area contributed by atoms with Crippen molar-refractivity contribution in [2.45, 2.75) is 45.2 Å². The van der Waals surface area contributed by atoms with Crippen molar-refractivity contribution in [2.24, 2.45) is 0 Å². The summed E-state index contributed by atoms with van der Waals surface area (Å²) in [6.45, 7) is 5.56. The van der Waals surface area contributed by atoms with E-state index in [0.717, 1.165) is 18.7 Å². The van der Waals surface area contributed by atoms with Gasteiger partial charge in [0.15, 0.2) is 0 Å². The molecule has 1 fully saturated rings. The van der Waals surface area contributed by atoms with Gasteiger partial charge < -0.3 is 10.5 Å². The van der Waals surface area contributed by atoms with Crippen LogP contribution in [0.2, 0.25) is 0 Å².